The first-order valence-corrected chi connectivity index (χ1v) is 43.2. The van der Waals surface area contributed by atoms with Gasteiger partial charge in [-0.3, -0.25) is 86.9 Å². The van der Waals surface area contributed by atoms with Gasteiger partial charge in [0.25, 0.3) is 0 Å². The molecule has 1 aliphatic rings. The molecule has 2 aromatic rings. The van der Waals surface area contributed by atoms with Crippen LogP contribution in [0.15, 0.2) is 54.6 Å². The highest BCUT2D eigenvalue weighted by Gasteiger charge is 2.42. The Morgan fingerprint density at radius 2 is 0.937 bits per heavy atom. The number of phenolic OH excluding ortho intramolecular Hbond substituents is 1. The molecule has 2 aromatic carbocycles. The number of primary amides is 1. The molecule has 702 valence electrons. The number of carboxylic acid groups (broad SMARTS) is 3. The van der Waals surface area contributed by atoms with E-state index in [-0.39, 0.29) is 102 Å². The van der Waals surface area contributed by atoms with Gasteiger partial charge in [0.15, 0.2) is 5.96 Å². The molecule has 15 amide bonds. The zero-order valence-corrected chi connectivity index (χ0v) is 72.9. The van der Waals surface area contributed by atoms with Crippen LogP contribution in [-0.2, 0) is 99.1 Å². The molecule has 44 nitrogen and oxygen atoms in total. The van der Waals surface area contributed by atoms with Gasteiger partial charge < -0.3 is 133 Å². The van der Waals surface area contributed by atoms with E-state index in [0.29, 0.717) is 29.7 Å². The third-order valence-corrected chi connectivity index (χ3v) is 21.0. The molecular formula is C81H128N20O24S. The Bertz CT molecular complexity index is 4000. The number of carboxylic acids is 3. The number of phenols is 1. The van der Waals surface area contributed by atoms with Gasteiger partial charge >= 0.3 is 17.9 Å². The Kier molecular flexibility index (Phi) is 48.9. The van der Waals surface area contributed by atoms with Gasteiger partial charge in [-0.1, -0.05) is 90.4 Å². The second kappa shape index (κ2) is 56.9. The molecule has 0 saturated carbocycles. The lowest BCUT2D eigenvalue weighted by Crippen LogP contribution is -2.61. The number of nitrogens with one attached hydrogen (secondary N) is 15. The first kappa shape index (κ1) is 108. The summed E-state index contributed by atoms with van der Waals surface area (Å²) < 4.78 is 0. The average molecular weight is 1800 g/mol. The molecule has 3 rings (SSSR count). The second-order valence-corrected chi connectivity index (χ2v) is 32.5. The second-order valence-electron chi connectivity index (χ2n) is 31.6. The van der Waals surface area contributed by atoms with Crippen LogP contribution in [0.2, 0.25) is 0 Å². The molecule has 45 heteroatoms. The number of hydrogen-bond acceptors (Lipinski definition) is 25. The first-order chi connectivity index (χ1) is 59.6. The lowest BCUT2D eigenvalue weighted by molar-refractivity contribution is -0.145. The predicted octanol–water partition coefficient (Wildman–Crippen LogP) is -5.22. The predicted molar refractivity (Wildman–Crippen MR) is 458 cm³/mol. The highest BCUT2D eigenvalue weighted by molar-refractivity contribution is 7.98. The Labute approximate surface area is 734 Å². The molecule has 0 unspecified atom stereocenters. The molecule has 0 spiro atoms. The molecule has 1 fully saturated rings. The number of aliphatic hydroxyl groups is 2. The number of nitrogens with two attached hydrogens (primary N) is 4. The number of nitrogens with zero attached hydrogens (tertiary/aromatic N) is 1. The lowest BCUT2D eigenvalue weighted by Gasteiger charge is -2.31. The number of aromatic hydroxyl groups is 1. The number of amides is 15. The summed E-state index contributed by atoms with van der Waals surface area (Å²) in [6, 6.07) is -7.60. The molecule has 0 bridgehead atoms. The topological polar surface area (TPSA) is 728 Å². The number of likely N-dealkylation sites (tertiary alicyclic amines) is 1. The van der Waals surface area contributed by atoms with Gasteiger partial charge in [0.1, 0.15) is 84.3 Å². The fourth-order valence-electron chi connectivity index (χ4n) is 13.2. The molecule has 0 aromatic heterocycles. The van der Waals surface area contributed by atoms with Crippen LogP contribution in [0, 0.1) is 23.2 Å². The van der Waals surface area contributed by atoms with Crippen molar-refractivity contribution in [2.75, 3.05) is 51.4 Å². The van der Waals surface area contributed by atoms with Crippen LogP contribution >= 0.6 is 11.8 Å². The summed E-state index contributed by atoms with van der Waals surface area (Å²) in [7, 11) is 0. The quantitative estimate of drug-likeness (QED) is 0.0167. The molecular weight excluding hydrogens is 1670 g/mol. The normalized spacial score (nSPS) is 15.7. The molecule has 1 saturated heterocycles. The summed E-state index contributed by atoms with van der Waals surface area (Å²) in [5.41, 5.74) is 23.9. The van der Waals surface area contributed by atoms with Crippen molar-refractivity contribution < 1.29 is 117 Å². The van der Waals surface area contributed by atoms with Crippen molar-refractivity contribution >= 4 is 124 Å². The van der Waals surface area contributed by atoms with E-state index in [1.54, 1.807) is 78.1 Å². The number of carbonyl (C=O) groups is 18. The maximum absolute atomic E-state index is 14.7. The Morgan fingerprint density at radius 1 is 0.492 bits per heavy atom. The maximum atomic E-state index is 14.7. The fraction of sp³-hybridized carbons (Fsp3) is 0.617. The van der Waals surface area contributed by atoms with Crippen molar-refractivity contribution in [1.82, 2.24) is 79.3 Å². The van der Waals surface area contributed by atoms with Crippen molar-refractivity contribution in [3.63, 3.8) is 0 Å². The van der Waals surface area contributed by atoms with E-state index in [2.05, 4.69) is 74.4 Å². The zero-order chi connectivity index (χ0) is 94.4. The SMILES string of the molecule is CC[C@H](C)[C@H](NC(=O)CNC(=O)[C@H](Cc1ccccc1)NC(=O)[C@H](CC(C)C)NC(=O)[C@H](CCCCN)NC(=O)[C@H](CO)NC(=O)[C@H](CC(C)C)NC(=O)[C@H](CCC(N)=O)NC(=O)[C@H](CCC(=O)O)NC(=O)[C@H](CCCNC(=N)N)NC(=O)[C@H](CO)NC(=O)[C@@H](N)Cc1ccc(O)cc1)C(=O)N[C@@H](CCC(=O)O)C(=O)N1CCC[C@H]1C(=O)N[C@@H](CCSC)C(=O)O. The number of rotatable bonds is 60. The molecule has 0 aliphatic carbocycles. The molecule has 1 aliphatic heterocycles. The van der Waals surface area contributed by atoms with Gasteiger partial charge in [0.05, 0.1) is 25.8 Å². The number of benzene rings is 2. The molecule has 29 N–H and O–H groups in total. The summed E-state index contributed by atoms with van der Waals surface area (Å²) in [6.07, 6.45) is -1.63. The molecule has 1 heterocycles. The number of thioether (sulfide) groups is 1. The van der Waals surface area contributed by atoms with Crippen molar-refractivity contribution in [2.24, 2.45) is 40.7 Å². The minimum atomic E-state index is -1.88. The van der Waals surface area contributed by atoms with Crippen molar-refractivity contribution in [1.29, 1.82) is 5.41 Å². The van der Waals surface area contributed by atoms with E-state index >= 15 is 0 Å². The molecule has 15 atom stereocenters. The first-order valence-electron chi connectivity index (χ1n) is 41.8. The van der Waals surface area contributed by atoms with Crippen molar-refractivity contribution in [2.45, 2.75) is 248 Å². The van der Waals surface area contributed by atoms with E-state index in [1.165, 1.54) is 36.0 Å². The van der Waals surface area contributed by atoms with E-state index in [1.807, 2.05) is 0 Å². The smallest absolute Gasteiger partial charge is 0.326 e. The van der Waals surface area contributed by atoms with Crippen LogP contribution in [0.3, 0.4) is 0 Å². The van der Waals surface area contributed by atoms with E-state index in [9.17, 15) is 117 Å². The van der Waals surface area contributed by atoms with Crippen molar-refractivity contribution in [3.05, 3.63) is 65.7 Å². The summed E-state index contributed by atoms with van der Waals surface area (Å²) in [5, 5.41) is 102. The minimum absolute atomic E-state index is 0.0147. The maximum Gasteiger partial charge on any atom is 0.326 e. The highest BCUT2D eigenvalue weighted by Crippen LogP contribution is 2.22. The van der Waals surface area contributed by atoms with Crippen LogP contribution in [0.5, 0.6) is 5.75 Å². The van der Waals surface area contributed by atoms with E-state index in [4.69, 9.17) is 28.3 Å². The van der Waals surface area contributed by atoms with Crippen LogP contribution in [-0.4, -0.2) is 284 Å². The molecule has 0 radical (unpaired) electrons. The number of unbranched alkanes of at least 4 members (excludes halogenated alkanes) is 1. The van der Waals surface area contributed by atoms with Crippen LogP contribution in [0.4, 0.5) is 0 Å². The summed E-state index contributed by atoms with van der Waals surface area (Å²) in [4.78, 5) is 248. The van der Waals surface area contributed by atoms with Crippen LogP contribution in [0.1, 0.15) is 162 Å². The molecule has 126 heavy (non-hydrogen) atoms. The summed E-state index contributed by atoms with van der Waals surface area (Å²) >= 11 is 1.36. The number of aliphatic carboxylic acids is 3. The number of carbonyl (C=O) groups excluding carboxylic acids is 15. The van der Waals surface area contributed by atoms with Gasteiger partial charge in [-0.15, -0.1) is 0 Å². The number of guanidine groups is 1. The van der Waals surface area contributed by atoms with Crippen molar-refractivity contribution in [3.8, 4) is 5.75 Å². The van der Waals surface area contributed by atoms with E-state index in [0.717, 1.165) is 4.90 Å². The van der Waals surface area contributed by atoms with Gasteiger partial charge in [0.2, 0.25) is 88.6 Å². The monoisotopic (exact) mass is 1800 g/mol. The summed E-state index contributed by atoms with van der Waals surface area (Å²) in [6.45, 7) is 7.17. The van der Waals surface area contributed by atoms with E-state index < -0.39 is 267 Å². The Balaban J connectivity index is 1.89. The average Bonchev–Trinajstić information content (AvgIpc) is 1.65. The van der Waals surface area contributed by atoms with Gasteiger partial charge in [-0.05, 0) is 149 Å². The minimum Gasteiger partial charge on any atom is -0.508 e. The Morgan fingerprint density at radius 3 is 1.40 bits per heavy atom. The summed E-state index contributed by atoms with van der Waals surface area (Å²) in [5.74, 6) is -20.7. The number of hydrogen-bond donors (Lipinski definition) is 25. The lowest BCUT2D eigenvalue weighted by atomic mass is 9.97. The third kappa shape index (κ3) is 40.0. The fourth-order valence-corrected chi connectivity index (χ4v) is 13.7. The van der Waals surface area contributed by atoms with Gasteiger partial charge in [0, 0.05) is 38.8 Å². The third-order valence-electron chi connectivity index (χ3n) is 20.3. The van der Waals surface area contributed by atoms with Crippen LogP contribution in [0.25, 0.3) is 0 Å². The largest absolute Gasteiger partial charge is 0.508 e. The number of aliphatic hydroxyl groups excluding tert-OH is 2. The van der Waals surface area contributed by atoms with Gasteiger partial charge in [-0.25, -0.2) is 4.79 Å². The van der Waals surface area contributed by atoms with Crippen LogP contribution < -0.4 is 97.4 Å². The zero-order valence-electron chi connectivity index (χ0n) is 72.1. The Hall–Kier alpha value is -11.8. The highest BCUT2D eigenvalue weighted by atomic mass is 32.2. The van der Waals surface area contributed by atoms with Gasteiger partial charge in [-0.2, -0.15) is 11.8 Å². The standard InChI is InChI=1S/C81H128N20O24S/c1-8-45(6)66(78(122)93-54(27-30-65(109)110)79(123)101-34-15-20-61(101)77(121)94-55(80(124)125)31-35-126-7)100-63(106)40-88-68(112)58(39-46-16-10-9-11-17-46)97-73(117)56(36-43(2)3)95-70(114)50(18-12-13-32-82)89-76(120)60(42-103)99-74(118)57(37-44(4)5)96-72(116)52(25-28-62(84)105)91-71(115)53(26-29-64(107)108)92-69(113)51(19-14-33-87-81(85)86)90-75(119)59(41-102)98-67(111)49(83)38-47-21-23-48(104)24-22-47/h9-11,16-17,21-24,43-45,49-61,66,102-104H,8,12-15,18-20,25-42,82-83H2,1-7H3,(H2,84,105)(H,88,112)(H,89,120)(H,90,119)(H,91,115)(H,92,113)(H,93,122)(H,94,121)(H,95,114)(H,96,116)(H,97,117)(H,98,111)(H,99,118)(H,100,106)(H,107,108)(H,109,110)(H,124,125)(H4,85,86,87)/t45-,49-,50-,51-,52-,53-,54-,55-,56-,57-,58-,59-,60-,61-,66-/m0/s1.